The molecule has 286 valence electrons. The van der Waals surface area contributed by atoms with Crippen LogP contribution >= 0.6 is 0 Å². The molecule has 0 saturated heterocycles. The first-order valence-corrected chi connectivity index (χ1v) is 21.0. The van der Waals surface area contributed by atoms with Gasteiger partial charge in [-0.3, -0.25) is 0 Å². The highest BCUT2D eigenvalue weighted by Gasteiger charge is 2.38. The van der Waals surface area contributed by atoms with E-state index < -0.39 is 0 Å². The summed E-state index contributed by atoms with van der Waals surface area (Å²) in [6.07, 6.45) is 0. The van der Waals surface area contributed by atoms with Crippen LogP contribution in [0.5, 0.6) is 23.0 Å². The van der Waals surface area contributed by atoms with Crippen LogP contribution in [0.1, 0.15) is 49.9 Å². The Morgan fingerprint density at radius 2 is 0.667 bits per heavy atom. The Morgan fingerprint density at radius 3 is 1.17 bits per heavy atom. The van der Waals surface area contributed by atoms with E-state index in [1.165, 1.54) is 98.7 Å². The van der Waals surface area contributed by atoms with Gasteiger partial charge in [-0.1, -0.05) is 173 Å². The number of fused-ring (bicyclic) bond motifs is 8. The molecular weight excluding hydrogens is 729 g/mol. The van der Waals surface area contributed by atoms with Gasteiger partial charge in [-0.05, 0) is 113 Å². The van der Waals surface area contributed by atoms with Gasteiger partial charge in [0.15, 0.2) is 0 Å². The number of rotatable bonds is 3. The van der Waals surface area contributed by atoms with E-state index in [0.717, 1.165) is 23.0 Å². The molecule has 0 spiro atoms. The molecule has 12 rings (SSSR count). The van der Waals surface area contributed by atoms with Gasteiger partial charge in [0.1, 0.15) is 23.0 Å². The van der Waals surface area contributed by atoms with Crippen LogP contribution in [0.2, 0.25) is 0 Å². The van der Waals surface area contributed by atoms with Gasteiger partial charge in [0.25, 0.3) is 0 Å². The third kappa shape index (κ3) is 4.88. The lowest BCUT2D eigenvalue weighted by atomic mass is 9.72. The molecule has 2 aliphatic rings. The summed E-state index contributed by atoms with van der Waals surface area (Å²) in [5.41, 5.74) is 11.5. The fourth-order valence-electron chi connectivity index (χ4n) is 10.8. The normalized spacial score (nSPS) is 14.5. The molecular formula is C58H42O2. The molecule has 10 aromatic rings. The molecule has 2 aliphatic heterocycles. The van der Waals surface area contributed by atoms with E-state index in [1.54, 1.807) is 0 Å². The van der Waals surface area contributed by atoms with Crippen LogP contribution in [0.4, 0.5) is 0 Å². The Hall–Kier alpha value is -7.16. The van der Waals surface area contributed by atoms with Gasteiger partial charge in [0, 0.05) is 33.1 Å². The summed E-state index contributed by atoms with van der Waals surface area (Å²) in [6.45, 7) is 9.35. The van der Waals surface area contributed by atoms with E-state index in [-0.39, 0.29) is 10.8 Å². The molecule has 2 nitrogen and oxygen atoms in total. The van der Waals surface area contributed by atoms with Gasteiger partial charge < -0.3 is 9.47 Å². The number of benzene rings is 10. The molecule has 10 aromatic carbocycles. The first kappa shape index (κ1) is 34.8. The molecule has 0 atom stereocenters. The Labute approximate surface area is 350 Å². The lowest BCUT2D eigenvalue weighted by molar-refractivity contribution is 0.418. The van der Waals surface area contributed by atoms with Gasteiger partial charge >= 0.3 is 0 Å². The third-order valence-corrected chi connectivity index (χ3v) is 13.5. The highest BCUT2D eigenvalue weighted by molar-refractivity contribution is 6.26. The van der Waals surface area contributed by atoms with Crippen molar-refractivity contribution in [1.82, 2.24) is 0 Å². The average Bonchev–Trinajstić information content (AvgIpc) is 3.27. The second-order valence-electron chi connectivity index (χ2n) is 17.6. The molecule has 0 amide bonds. The highest BCUT2D eigenvalue weighted by atomic mass is 16.5. The third-order valence-electron chi connectivity index (χ3n) is 13.5. The van der Waals surface area contributed by atoms with Crippen molar-refractivity contribution in [2.24, 2.45) is 0 Å². The van der Waals surface area contributed by atoms with Crippen molar-refractivity contribution in [3.63, 3.8) is 0 Å². The summed E-state index contributed by atoms with van der Waals surface area (Å²) in [4.78, 5) is 0. The number of ether oxygens (including phenoxy) is 2. The Bertz CT molecular complexity index is 3220. The van der Waals surface area contributed by atoms with Crippen molar-refractivity contribution in [3.05, 3.63) is 204 Å². The van der Waals surface area contributed by atoms with Crippen LogP contribution in [0, 0.1) is 0 Å². The summed E-state index contributed by atoms with van der Waals surface area (Å²) in [6, 6.07) is 66.5. The van der Waals surface area contributed by atoms with Crippen molar-refractivity contribution in [3.8, 4) is 56.4 Å². The van der Waals surface area contributed by atoms with Crippen molar-refractivity contribution in [2.45, 2.75) is 38.5 Å². The zero-order valence-corrected chi connectivity index (χ0v) is 34.1. The number of hydrogen-bond acceptors (Lipinski definition) is 2. The summed E-state index contributed by atoms with van der Waals surface area (Å²) in [5.74, 6) is 3.67. The first-order valence-electron chi connectivity index (χ1n) is 21.0. The van der Waals surface area contributed by atoms with E-state index in [1.807, 2.05) is 0 Å². The molecule has 0 saturated carbocycles. The summed E-state index contributed by atoms with van der Waals surface area (Å²) < 4.78 is 13.4. The molecule has 60 heavy (non-hydrogen) atoms. The zero-order chi connectivity index (χ0) is 40.3. The largest absolute Gasteiger partial charge is 0.457 e. The molecule has 0 radical (unpaired) electrons. The molecule has 0 N–H and O–H groups in total. The van der Waals surface area contributed by atoms with E-state index >= 15 is 0 Å². The molecule has 2 heterocycles. The molecule has 0 aliphatic carbocycles. The fraction of sp³-hybridized carbons (Fsp3) is 0.103. The van der Waals surface area contributed by atoms with E-state index in [9.17, 15) is 0 Å². The maximum Gasteiger partial charge on any atom is 0.132 e. The second-order valence-corrected chi connectivity index (χ2v) is 17.6. The quantitative estimate of drug-likeness (QED) is 0.167. The Balaban J connectivity index is 1.23. The molecule has 0 bridgehead atoms. The topological polar surface area (TPSA) is 18.5 Å². The standard InChI is InChI=1S/C58H42O2/c1-57(2)47-27-9-11-29-49(47)59-51-31-15-25-43(55(51)57)39-21-13-23-41-45(39)34-46-40(44-26-16-32-52-56(44)58(3,4)48-28-10-12-30-50(48)60-52)22-14-24-42(46)54(41)53-37-19-7-5-17-35(37)33-36-18-6-8-20-38(36)53/h5-34H,1-4H3. The molecule has 0 aromatic heterocycles. The second kappa shape index (κ2) is 12.7. The van der Waals surface area contributed by atoms with Gasteiger partial charge in [-0.15, -0.1) is 0 Å². The van der Waals surface area contributed by atoms with Crippen LogP contribution < -0.4 is 9.47 Å². The van der Waals surface area contributed by atoms with E-state index in [4.69, 9.17) is 9.47 Å². The lowest BCUT2D eigenvalue weighted by Crippen LogP contribution is -2.25. The Morgan fingerprint density at radius 1 is 0.300 bits per heavy atom. The van der Waals surface area contributed by atoms with Crippen LogP contribution in [-0.4, -0.2) is 0 Å². The highest BCUT2D eigenvalue weighted by Crippen LogP contribution is 2.55. The maximum atomic E-state index is 6.71. The summed E-state index contributed by atoms with van der Waals surface area (Å²) >= 11 is 0. The Kier molecular flexibility index (Phi) is 7.36. The lowest BCUT2D eigenvalue weighted by Gasteiger charge is -2.36. The number of para-hydroxylation sites is 2. The smallest absolute Gasteiger partial charge is 0.132 e. The van der Waals surface area contributed by atoms with Crippen LogP contribution in [-0.2, 0) is 10.8 Å². The fourth-order valence-corrected chi connectivity index (χ4v) is 10.8. The van der Waals surface area contributed by atoms with E-state index in [0.29, 0.717) is 0 Å². The van der Waals surface area contributed by atoms with E-state index in [2.05, 4.69) is 210 Å². The molecule has 0 fully saturated rings. The van der Waals surface area contributed by atoms with Gasteiger partial charge in [0.2, 0.25) is 0 Å². The minimum Gasteiger partial charge on any atom is -0.457 e. The predicted molar refractivity (Wildman–Crippen MR) is 250 cm³/mol. The van der Waals surface area contributed by atoms with Gasteiger partial charge in [-0.25, -0.2) is 0 Å². The van der Waals surface area contributed by atoms with Crippen LogP contribution in [0.25, 0.3) is 76.5 Å². The first-order chi connectivity index (χ1) is 29.3. The monoisotopic (exact) mass is 770 g/mol. The average molecular weight is 771 g/mol. The predicted octanol–water partition coefficient (Wildman–Crippen LogP) is 16.2. The van der Waals surface area contributed by atoms with Crippen molar-refractivity contribution in [1.29, 1.82) is 0 Å². The zero-order valence-electron chi connectivity index (χ0n) is 34.1. The summed E-state index contributed by atoms with van der Waals surface area (Å²) in [5, 5.41) is 9.80. The molecule has 0 unspecified atom stereocenters. The number of hydrogen-bond donors (Lipinski definition) is 0. The maximum absolute atomic E-state index is 6.71. The van der Waals surface area contributed by atoms with Gasteiger partial charge in [0.05, 0.1) is 0 Å². The van der Waals surface area contributed by atoms with Crippen LogP contribution in [0.15, 0.2) is 182 Å². The van der Waals surface area contributed by atoms with Crippen molar-refractivity contribution < 1.29 is 9.47 Å². The SMILES string of the molecule is CC1(C)c2ccccc2Oc2cccc(-c3cccc4c(-c5c6ccccc6cc6ccccc56)c5cccc(-c6cccc7c6C(C)(C)c6ccccc6O7)c5cc34)c21. The van der Waals surface area contributed by atoms with Crippen molar-refractivity contribution in [2.75, 3.05) is 0 Å². The minimum atomic E-state index is -0.301. The van der Waals surface area contributed by atoms with Gasteiger partial charge in [-0.2, -0.15) is 0 Å². The van der Waals surface area contributed by atoms with Crippen LogP contribution in [0.3, 0.4) is 0 Å². The summed E-state index contributed by atoms with van der Waals surface area (Å²) in [7, 11) is 0. The minimum absolute atomic E-state index is 0.301. The van der Waals surface area contributed by atoms with Crippen molar-refractivity contribution >= 4 is 43.1 Å². The molecule has 2 heteroatoms.